The topological polar surface area (TPSA) is 105 Å². The van der Waals surface area contributed by atoms with Crippen LogP contribution >= 0.6 is 0 Å². The van der Waals surface area contributed by atoms with Crippen LogP contribution < -0.4 is 16.0 Å². The number of nitrogens with two attached hydrogens (primary N) is 1. The normalized spacial score (nSPS) is 16.3. The Morgan fingerprint density at radius 2 is 1.57 bits per heavy atom. The Labute approximate surface area is 249 Å². The fourth-order valence-corrected chi connectivity index (χ4v) is 5.64. The molecule has 3 aromatic carbocycles. The summed E-state index contributed by atoms with van der Waals surface area (Å²) in [5.41, 5.74) is 9.97. The Balaban J connectivity index is 1.75. The van der Waals surface area contributed by atoms with E-state index in [1.54, 1.807) is 4.90 Å². The van der Waals surface area contributed by atoms with Crippen LogP contribution in [0, 0.1) is 17.8 Å². The quantitative estimate of drug-likeness (QED) is 0.285. The lowest BCUT2D eigenvalue weighted by Gasteiger charge is -2.29. The monoisotopic (exact) mass is 566 g/mol. The van der Waals surface area contributed by atoms with Crippen molar-refractivity contribution in [1.82, 2.24) is 5.32 Å². The van der Waals surface area contributed by atoms with Gasteiger partial charge in [-0.1, -0.05) is 112 Å². The number of unbranched alkanes of at least 4 members (excludes halogenated alkanes) is 1. The average Bonchev–Trinajstić information content (AvgIpc) is 3.10. The summed E-state index contributed by atoms with van der Waals surface area (Å²) in [6.07, 6.45) is 2.17. The predicted octanol–water partition coefficient (Wildman–Crippen LogP) is 5.51. The Hall–Kier alpha value is -4.26. The van der Waals surface area contributed by atoms with E-state index in [0.29, 0.717) is 31.5 Å². The van der Waals surface area contributed by atoms with Gasteiger partial charge in [0.15, 0.2) is 0 Å². The molecular formula is C35H42N4O3. The molecule has 7 heteroatoms. The minimum absolute atomic E-state index is 0.157. The maximum Gasteiger partial charge on any atom is 0.272 e. The third-order valence-electron chi connectivity index (χ3n) is 7.78. The van der Waals surface area contributed by atoms with Crippen molar-refractivity contribution in [3.05, 3.63) is 102 Å². The van der Waals surface area contributed by atoms with E-state index >= 15 is 0 Å². The third-order valence-corrected chi connectivity index (χ3v) is 7.78. The van der Waals surface area contributed by atoms with Gasteiger partial charge in [0.25, 0.3) is 5.91 Å². The van der Waals surface area contributed by atoms with E-state index in [4.69, 9.17) is 10.7 Å². The van der Waals surface area contributed by atoms with E-state index in [2.05, 4.69) is 5.32 Å². The number of nitrogens with one attached hydrogen (secondary N) is 1. The largest absolute Gasteiger partial charge is 0.369 e. The molecule has 1 heterocycles. The summed E-state index contributed by atoms with van der Waals surface area (Å²) in [6, 6.07) is 27.4. The lowest BCUT2D eigenvalue weighted by atomic mass is 9.81. The van der Waals surface area contributed by atoms with Gasteiger partial charge in [0, 0.05) is 29.5 Å². The maximum absolute atomic E-state index is 14.3. The van der Waals surface area contributed by atoms with Crippen molar-refractivity contribution in [1.29, 1.82) is 0 Å². The number of primary amides is 1. The van der Waals surface area contributed by atoms with Gasteiger partial charge in [-0.05, 0) is 36.8 Å². The number of fused-ring (bicyclic) bond motifs is 1. The second kappa shape index (κ2) is 14.6. The molecule has 3 atom stereocenters. The zero-order chi connectivity index (χ0) is 30.1. The number of anilines is 1. The molecular weight excluding hydrogens is 524 g/mol. The van der Waals surface area contributed by atoms with Crippen LogP contribution in [0.2, 0.25) is 0 Å². The third kappa shape index (κ3) is 7.52. The molecule has 1 aliphatic heterocycles. The molecule has 4 rings (SSSR count). The summed E-state index contributed by atoms with van der Waals surface area (Å²) in [5.74, 6) is -2.28. The SMILES string of the molecule is CCCC[C@H](C(N)=O)[C@@H](CC(C)C)C(=O)NC1N=C(c2ccccc2)c2ccccc2N(CCc2ccccc2)C1=O. The molecule has 7 nitrogen and oxygen atoms in total. The first-order chi connectivity index (χ1) is 20.3. The predicted molar refractivity (Wildman–Crippen MR) is 168 cm³/mol. The van der Waals surface area contributed by atoms with Crippen molar-refractivity contribution in [2.75, 3.05) is 11.4 Å². The standard InChI is InChI=1S/C35H42N4O3/c1-4-5-18-27(32(36)40)29(23-24(2)3)34(41)38-33-35(42)39(22-21-25-14-8-6-9-15-25)30-20-13-12-19-28(30)31(37-33)26-16-10-7-11-17-26/h6-17,19-20,24,27,29,33H,4-5,18,21-23H2,1-3H3,(H2,36,40)(H,38,41)/t27-,29+,33?/m0/s1. The fraction of sp³-hybridized carbons (Fsp3) is 0.371. The molecule has 3 amide bonds. The highest BCUT2D eigenvalue weighted by Crippen LogP contribution is 2.30. The van der Waals surface area contributed by atoms with Crippen LogP contribution in [0.1, 0.15) is 63.1 Å². The van der Waals surface area contributed by atoms with Crippen molar-refractivity contribution in [3.63, 3.8) is 0 Å². The van der Waals surface area contributed by atoms with Crippen LogP contribution in [0.3, 0.4) is 0 Å². The molecule has 0 saturated carbocycles. The van der Waals surface area contributed by atoms with Crippen LogP contribution in [-0.2, 0) is 20.8 Å². The minimum atomic E-state index is -1.16. The number of hydrogen-bond donors (Lipinski definition) is 2. The molecule has 0 aliphatic carbocycles. The molecule has 3 aromatic rings. The molecule has 0 fully saturated rings. The molecule has 0 saturated heterocycles. The van der Waals surface area contributed by atoms with Crippen molar-refractivity contribution < 1.29 is 14.4 Å². The molecule has 1 unspecified atom stereocenters. The van der Waals surface area contributed by atoms with Gasteiger partial charge in [-0.3, -0.25) is 14.4 Å². The fourth-order valence-electron chi connectivity index (χ4n) is 5.64. The smallest absolute Gasteiger partial charge is 0.272 e. The number of hydrogen-bond acceptors (Lipinski definition) is 4. The van der Waals surface area contributed by atoms with E-state index in [0.717, 1.165) is 35.2 Å². The number of rotatable bonds is 13. The number of nitrogens with zero attached hydrogens (tertiary/aromatic N) is 2. The Morgan fingerprint density at radius 1 is 0.929 bits per heavy atom. The molecule has 42 heavy (non-hydrogen) atoms. The number of amides is 3. The van der Waals surface area contributed by atoms with Gasteiger partial charge in [-0.25, -0.2) is 4.99 Å². The van der Waals surface area contributed by atoms with Gasteiger partial charge < -0.3 is 16.0 Å². The number of benzodiazepines with no additional fused rings is 1. The number of carbonyl (C=O) groups excluding carboxylic acids is 3. The number of aliphatic imine (C=N–C) groups is 1. The van der Waals surface area contributed by atoms with Crippen LogP contribution in [0.5, 0.6) is 0 Å². The molecule has 3 N–H and O–H groups in total. The Kier molecular flexibility index (Phi) is 10.7. The zero-order valence-electron chi connectivity index (χ0n) is 24.8. The van der Waals surface area contributed by atoms with Crippen LogP contribution in [-0.4, -0.2) is 36.1 Å². The summed E-state index contributed by atoms with van der Waals surface area (Å²) in [4.78, 5) is 47.4. The summed E-state index contributed by atoms with van der Waals surface area (Å²) < 4.78 is 0. The van der Waals surface area contributed by atoms with Crippen molar-refractivity contribution in [3.8, 4) is 0 Å². The molecule has 0 aromatic heterocycles. The van der Waals surface area contributed by atoms with Crippen molar-refractivity contribution in [2.45, 2.75) is 59.0 Å². The highest BCUT2D eigenvalue weighted by atomic mass is 16.2. The van der Waals surface area contributed by atoms with Gasteiger partial charge in [0.2, 0.25) is 18.0 Å². The van der Waals surface area contributed by atoms with E-state index in [9.17, 15) is 14.4 Å². The first-order valence-corrected chi connectivity index (χ1v) is 15.0. The molecule has 1 aliphatic rings. The number of para-hydroxylation sites is 1. The van der Waals surface area contributed by atoms with Crippen LogP contribution in [0.4, 0.5) is 5.69 Å². The van der Waals surface area contributed by atoms with Crippen molar-refractivity contribution >= 4 is 29.1 Å². The van der Waals surface area contributed by atoms with Gasteiger partial charge in [-0.15, -0.1) is 0 Å². The molecule has 220 valence electrons. The summed E-state index contributed by atoms with van der Waals surface area (Å²) in [7, 11) is 0. The first kappa shape index (κ1) is 30.7. The summed E-state index contributed by atoms with van der Waals surface area (Å²) in [5, 5.41) is 2.96. The van der Waals surface area contributed by atoms with E-state index in [1.807, 2.05) is 106 Å². The first-order valence-electron chi connectivity index (χ1n) is 15.0. The molecule has 0 radical (unpaired) electrons. The van der Waals surface area contributed by atoms with E-state index in [-0.39, 0.29) is 17.7 Å². The van der Waals surface area contributed by atoms with Crippen molar-refractivity contribution in [2.24, 2.45) is 28.5 Å². The molecule has 0 spiro atoms. The number of benzene rings is 3. The lowest BCUT2D eigenvalue weighted by molar-refractivity contribution is -0.136. The van der Waals surface area contributed by atoms with Gasteiger partial charge in [-0.2, -0.15) is 0 Å². The minimum Gasteiger partial charge on any atom is -0.369 e. The number of carbonyl (C=O) groups is 3. The Morgan fingerprint density at radius 3 is 2.21 bits per heavy atom. The second-order valence-corrected chi connectivity index (χ2v) is 11.4. The lowest BCUT2D eigenvalue weighted by Crippen LogP contribution is -2.51. The van der Waals surface area contributed by atoms with E-state index < -0.39 is 23.9 Å². The average molecular weight is 567 g/mol. The van der Waals surface area contributed by atoms with Crippen LogP contribution in [0.25, 0.3) is 0 Å². The maximum atomic E-state index is 14.3. The zero-order valence-corrected chi connectivity index (χ0v) is 24.8. The second-order valence-electron chi connectivity index (χ2n) is 11.4. The van der Waals surface area contributed by atoms with Crippen LogP contribution in [0.15, 0.2) is 89.9 Å². The summed E-state index contributed by atoms with van der Waals surface area (Å²) in [6.45, 7) is 6.49. The van der Waals surface area contributed by atoms with Gasteiger partial charge in [0.05, 0.1) is 11.4 Å². The van der Waals surface area contributed by atoms with E-state index in [1.165, 1.54) is 0 Å². The Bertz CT molecular complexity index is 1390. The highest BCUT2D eigenvalue weighted by Gasteiger charge is 2.37. The summed E-state index contributed by atoms with van der Waals surface area (Å²) >= 11 is 0. The van der Waals surface area contributed by atoms with Gasteiger partial charge >= 0.3 is 0 Å². The van der Waals surface area contributed by atoms with Gasteiger partial charge in [0.1, 0.15) is 0 Å². The molecule has 0 bridgehead atoms. The highest BCUT2D eigenvalue weighted by molar-refractivity contribution is 6.20.